The van der Waals surface area contributed by atoms with Crippen molar-refractivity contribution in [2.45, 2.75) is 13.8 Å². The molecule has 3 rings (SSSR count). The smallest absolute Gasteiger partial charge is 0.205 e. The Morgan fingerprint density at radius 2 is 1.75 bits per heavy atom. The van der Waals surface area contributed by atoms with Crippen molar-refractivity contribution in [1.82, 2.24) is 9.55 Å². The Labute approximate surface area is 126 Å². The van der Waals surface area contributed by atoms with Gasteiger partial charge in [0.1, 0.15) is 0 Å². The number of aryl methyl sites for hydroxylation is 2. The Morgan fingerprint density at radius 3 is 2.50 bits per heavy atom. The van der Waals surface area contributed by atoms with E-state index >= 15 is 0 Å². The van der Waals surface area contributed by atoms with Crippen LogP contribution in [0.15, 0.2) is 30.3 Å². The maximum atomic E-state index is 6.11. The molecule has 3 nitrogen and oxygen atoms in total. The van der Waals surface area contributed by atoms with Crippen LogP contribution in [0, 0.1) is 13.8 Å². The highest BCUT2D eigenvalue weighted by atomic mass is 35.5. The van der Waals surface area contributed by atoms with Crippen LogP contribution in [0.4, 0.5) is 5.95 Å². The van der Waals surface area contributed by atoms with Gasteiger partial charge >= 0.3 is 0 Å². The standard InChI is InChI=1S/C15H13Cl2N3/c1-8-3-4-9(2)13(5-8)20-14-7-11(17)10(16)6-12(14)19-15(20)18/h3-7H,1-2H3,(H2,18,19). The molecule has 0 aliphatic carbocycles. The van der Waals surface area contributed by atoms with Gasteiger partial charge in [-0.3, -0.25) is 4.57 Å². The SMILES string of the molecule is Cc1ccc(C)c(-n2c(N)nc3cc(Cl)c(Cl)cc32)c1. The van der Waals surface area contributed by atoms with E-state index in [1.807, 2.05) is 18.4 Å². The zero-order valence-corrected chi connectivity index (χ0v) is 12.6. The third-order valence-corrected chi connectivity index (χ3v) is 4.05. The van der Waals surface area contributed by atoms with Crippen molar-refractivity contribution >= 4 is 40.2 Å². The summed E-state index contributed by atoms with van der Waals surface area (Å²) in [6.07, 6.45) is 0. The first kappa shape index (κ1) is 13.3. The van der Waals surface area contributed by atoms with E-state index in [2.05, 4.69) is 23.2 Å². The van der Waals surface area contributed by atoms with E-state index in [0.717, 1.165) is 27.8 Å². The van der Waals surface area contributed by atoms with Gasteiger partial charge < -0.3 is 5.73 Å². The summed E-state index contributed by atoms with van der Waals surface area (Å²) in [5.74, 6) is 0.423. The van der Waals surface area contributed by atoms with Crippen LogP contribution >= 0.6 is 23.2 Å². The van der Waals surface area contributed by atoms with Gasteiger partial charge in [0.25, 0.3) is 0 Å². The molecule has 2 aromatic carbocycles. The lowest BCUT2D eigenvalue weighted by Crippen LogP contribution is -2.02. The fraction of sp³-hybridized carbons (Fsp3) is 0.133. The number of benzene rings is 2. The summed E-state index contributed by atoms with van der Waals surface area (Å²) in [5.41, 5.74) is 10.9. The summed E-state index contributed by atoms with van der Waals surface area (Å²) in [6, 6.07) is 9.74. The predicted octanol–water partition coefficient (Wildman–Crippen LogP) is 4.53. The van der Waals surface area contributed by atoms with Gasteiger partial charge in [-0.05, 0) is 43.2 Å². The molecule has 20 heavy (non-hydrogen) atoms. The Hall–Kier alpha value is -1.71. The third kappa shape index (κ3) is 2.03. The zero-order chi connectivity index (χ0) is 14.4. The number of hydrogen-bond acceptors (Lipinski definition) is 2. The van der Waals surface area contributed by atoms with Gasteiger partial charge in [0.2, 0.25) is 5.95 Å². The van der Waals surface area contributed by atoms with Crippen LogP contribution in [0.3, 0.4) is 0 Å². The third-order valence-electron chi connectivity index (χ3n) is 3.33. The van der Waals surface area contributed by atoms with E-state index in [0.29, 0.717) is 16.0 Å². The number of halogens is 2. The summed E-state index contributed by atoms with van der Waals surface area (Å²) in [5, 5.41) is 0.968. The number of nitrogens with zero attached hydrogens (tertiary/aromatic N) is 2. The second kappa shape index (κ2) is 4.69. The minimum absolute atomic E-state index is 0.423. The monoisotopic (exact) mass is 305 g/mol. The summed E-state index contributed by atoms with van der Waals surface area (Å²) >= 11 is 12.1. The van der Waals surface area contributed by atoms with Crippen LogP contribution in [0.1, 0.15) is 11.1 Å². The van der Waals surface area contributed by atoms with Crippen LogP contribution in [0.2, 0.25) is 10.0 Å². The van der Waals surface area contributed by atoms with E-state index in [9.17, 15) is 0 Å². The number of nitrogens with two attached hydrogens (primary N) is 1. The number of aromatic nitrogens is 2. The minimum Gasteiger partial charge on any atom is -0.369 e. The highest BCUT2D eigenvalue weighted by Crippen LogP contribution is 2.31. The molecule has 2 N–H and O–H groups in total. The Bertz CT molecular complexity index is 822. The molecule has 0 amide bonds. The van der Waals surface area contributed by atoms with E-state index in [1.54, 1.807) is 12.1 Å². The van der Waals surface area contributed by atoms with Gasteiger partial charge in [0.05, 0.1) is 26.8 Å². The summed E-state index contributed by atoms with van der Waals surface area (Å²) in [6.45, 7) is 4.08. The number of anilines is 1. The quantitative estimate of drug-likeness (QED) is 0.717. The van der Waals surface area contributed by atoms with Crippen molar-refractivity contribution in [2.75, 3.05) is 5.73 Å². The molecule has 1 aromatic heterocycles. The molecule has 0 unspecified atom stereocenters. The number of rotatable bonds is 1. The van der Waals surface area contributed by atoms with Gasteiger partial charge in [-0.1, -0.05) is 35.3 Å². The van der Waals surface area contributed by atoms with Gasteiger partial charge in [0, 0.05) is 0 Å². The highest BCUT2D eigenvalue weighted by Gasteiger charge is 2.14. The van der Waals surface area contributed by atoms with Crippen molar-refractivity contribution in [3.8, 4) is 5.69 Å². The first-order chi connectivity index (χ1) is 9.47. The predicted molar refractivity (Wildman–Crippen MR) is 85.0 cm³/mol. The van der Waals surface area contributed by atoms with Crippen LogP contribution < -0.4 is 5.73 Å². The molecule has 0 aliphatic rings. The molecule has 5 heteroatoms. The average molecular weight is 306 g/mol. The maximum absolute atomic E-state index is 6.11. The fourth-order valence-electron chi connectivity index (χ4n) is 2.30. The summed E-state index contributed by atoms with van der Waals surface area (Å²) in [4.78, 5) is 4.36. The van der Waals surface area contributed by atoms with E-state index in [4.69, 9.17) is 28.9 Å². The van der Waals surface area contributed by atoms with Gasteiger partial charge in [0.15, 0.2) is 0 Å². The maximum Gasteiger partial charge on any atom is 0.205 e. The van der Waals surface area contributed by atoms with Crippen LogP contribution in [-0.2, 0) is 0 Å². The summed E-state index contributed by atoms with van der Waals surface area (Å²) < 4.78 is 1.90. The van der Waals surface area contributed by atoms with Crippen molar-refractivity contribution in [3.63, 3.8) is 0 Å². The lowest BCUT2D eigenvalue weighted by Gasteiger charge is -2.11. The molecule has 0 bridgehead atoms. The largest absolute Gasteiger partial charge is 0.369 e. The zero-order valence-electron chi connectivity index (χ0n) is 11.1. The lowest BCUT2D eigenvalue weighted by molar-refractivity contribution is 1.08. The van der Waals surface area contributed by atoms with Crippen LogP contribution in [-0.4, -0.2) is 9.55 Å². The number of hydrogen-bond donors (Lipinski definition) is 1. The first-order valence-corrected chi connectivity index (χ1v) is 6.93. The van der Waals surface area contributed by atoms with E-state index < -0.39 is 0 Å². The highest BCUT2D eigenvalue weighted by molar-refractivity contribution is 6.42. The van der Waals surface area contributed by atoms with E-state index in [1.165, 1.54) is 0 Å². The normalized spacial score (nSPS) is 11.2. The number of imidazole rings is 1. The van der Waals surface area contributed by atoms with Crippen LogP contribution in [0.25, 0.3) is 16.7 Å². The minimum atomic E-state index is 0.423. The second-order valence-corrected chi connectivity index (χ2v) is 5.66. The fourth-order valence-corrected chi connectivity index (χ4v) is 2.62. The van der Waals surface area contributed by atoms with Crippen molar-refractivity contribution in [1.29, 1.82) is 0 Å². The molecule has 0 radical (unpaired) electrons. The van der Waals surface area contributed by atoms with Crippen LogP contribution in [0.5, 0.6) is 0 Å². The lowest BCUT2D eigenvalue weighted by atomic mass is 10.1. The van der Waals surface area contributed by atoms with E-state index in [-0.39, 0.29) is 0 Å². The van der Waals surface area contributed by atoms with Gasteiger partial charge in [-0.15, -0.1) is 0 Å². The van der Waals surface area contributed by atoms with Crippen molar-refractivity contribution < 1.29 is 0 Å². The van der Waals surface area contributed by atoms with Crippen molar-refractivity contribution in [3.05, 3.63) is 51.5 Å². The second-order valence-electron chi connectivity index (χ2n) is 4.85. The molecule has 3 aromatic rings. The van der Waals surface area contributed by atoms with Gasteiger partial charge in [-0.25, -0.2) is 4.98 Å². The topological polar surface area (TPSA) is 43.8 Å². The molecule has 0 aliphatic heterocycles. The molecular formula is C15H13Cl2N3. The Balaban J connectivity index is 2.38. The molecule has 0 atom stereocenters. The first-order valence-electron chi connectivity index (χ1n) is 6.18. The molecule has 0 fully saturated rings. The average Bonchev–Trinajstić information content (AvgIpc) is 2.69. The molecule has 0 saturated carbocycles. The van der Waals surface area contributed by atoms with Crippen molar-refractivity contribution in [2.24, 2.45) is 0 Å². The number of fused-ring (bicyclic) bond motifs is 1. The molecule has 0 spiro atoms. The molecule has 1 heterocycles. The number of nitrogen functional groups attached to an aromatic ring is 1. The molecule has 102 valence electrons. The Kier molecular flexibility index (Phi) is 3.11. The molecule has 0 saturated heterocycles. The Morgan fingerprint density at radius 1 is 1.05 bits per heavy atom. The molecular weight excluding hydrogens is 293 g/mol. The summed E-state index contributed by atoms with van der Waals surface area (Å²) in [7, 11) is 0. The van der Waals surface area contributed by atoms with Gasteiger partial charge in [-0.2, -0.15) is 0 Å².